The van der Waals surface area contributed by atoms with E-state index < -0.39 is 0 Å². The summed E-state index contributed by atoms with van der Waals surface area (Å²) in [5.74, 6) is -0.211. The van der Waals surface area contributed by atoms with Gasteiger partial charge >= 0.3 is 0 Å². The molecule has 2 aromatic carbocycles. The molecule has 0 amide bonds. The van der Waals surface area contributed by atoms with E-state index in [0.29, 0.717) is 26.2 Å². The molecule has 0 saturated heterocycles. The van der Waals surface area contributed by atoms with E-state index in [1.165, 1.54) is 0 Å². The molecule has 0 aliphatic carbocycles. The molecular formula is C13H7Cl3O. The van der Waals surface area contributed by atoms with Gasteiger partial charge in [-0.05, 0) is 36.4 Å². The standard InChI is InChI=1S/C13H7Cl3O/c14-9-6-4-8(5-7-9)13(17)12-10(15)2-1-3-11(12)16/h1-7H. The monoisotopic (exact) mass is 284 g/mol. The third-order valence-corrected chi connectivity index (χ3v) is 3.18. The highest BCUT2D eigenvalue weighted by Crippen LogP contribution is 2.27. The Kier molecular flexibility index (Phi) is 3.72. The van der Waals surface area contributed by atoms with Crippen LogP contribution in [0, 0.1) is 0 Å². The molecule has 0 radical (unpaired) electrons. The van der Waals surface area contributed by atoms with E-state index in [1.807, 2.05) is 0 Å². The zero-order valence-electron chi connectivity index (χ0n) is 8.58. The van der Waals surface area contributed by atoms with Crippen LogP contribution in [0.5, 0.6) is 0 Å². The number of hydrogen-bond acceptors (Lipinski definition) is 1. The first-order chi connectivity index (χ1) is 8.09. The summed E-state index contributed by atoms with van der Waals surface area (Å²) in [5, 5.41) is 1.27. The van der Waals surface area contributed by atoms with Gasteiger partial charge in [-0.15, -0.1) is 0 Å². The van der Waals surface area contributed by atoms with Crippen molar-refractivity contribution >= 4 is 40.6 Å². The third-order valence-electron chi connectivity index (χ3n) is 2.30. The van der Waals surface area contributed by atoms with Gasteiger partial charge in [0.05, 0.1) is 15.6 Å². The molecule has 4 heteroatoms. The molecule has 86 valence electrons. The molecule has 0 atom stereocenters. The van der Waals surface area contributed by atoms with E-state index in [1.54, 1.807) is 42.5 Å². The van der Waals surface area contributed by atoms with Crippen molar-refractivity contribution < 1.29 is 4.79 Å². The van der Waals surface area contributed by atoms with Crippen molar-refractivity contribution in [1.29, 1.82) is 0 Å². The van der Waals surface area contributed by atoms with Crippen LogP contribution in [0.3, 0.4) is 0 Å². The van der Waals surface area contributed by atoms with Gasteiger partial charge in [-0.3, -0.25) is 4.79 Å². The van der Waals surface area contributed by atoms with Crippen LogP contribution in [0.1, 0.15) is 15.9 Å². The topological polar surface area (TPSA) is 17.1 Å². The molecule has 0 aliphatic heterocycles. The first kappa shape index (κ1) is 12.4. The van der Waals surface area contributed by atoms with Gasteiger partial charge in [-0.1, -0.05) is 40.9 Å². The molecule has 1 nitrogen and oxygen atoms in total. The van der Waals surface area contributed by atoms with Crippen molar-refractivity contribution in [3.05, 3.63) is 68.7 Å². The van der Waals surface area contributed by atoms with Crippen LogP contribution < -0.4 is 0 Å². The summed E-state index contributed by atoms with van der Waals surface area (Å²) in [5.41, 5.74) is 0.822. The summed E-state index contributed by atoms with van der Waals surface area (Å²) >= 11 is 17.7. The SMILES string of the molecule is O=C(c1ccc(Cl)cc1)c1c(Cl)cccc1Cl. The van der Waals surface area contributed by atoms with E-state index in [2.05, 4.69) is 0 Å². The van der Waals surface area contributed by atoms with Gasteiger partial charge in [0.25, 0.3) is 0 Å². The normalized spacial score (nSPS) is 10.3. The van der Waals surface area contributed by atoms with Gasteiger partial charge in [-0.25, -0.2) is 0 Å². The van der Waals surface area contributed by atoms with Gasteiger partial charge in [0.1, 0.15) is 0 Å². The van der Waals surface area contributed by atoms with Crippen LogP contribution in [0.25, 0.3) is 0 Å². The first-order valence-electron chi connectivity index (χ1n) is 4.84. The molecule has 17 heavy (non-hydrogen) atoms. The summed E-state index contributed by atoms with van der Waals surface area (Å²) in [4.78, 5) is 12.2. The molecule has 0 bridgehead atoms. The van der Waals surface area contributed by atoms with Crippen molar-refractivity contribution in [2.45, 2.75) is 0 Å². The predicted molar refractivity (Wildman–Crippen MR) is 71.3 cm³/mol. The molecule has 0 aliphatic rings. The number of carbonyl (C=O) groups is 1. The molecule has 0 unspecified atom stereocenters. The lowest BCUT2D eigenvalue weighted by atomic mass is 10.0. The average Bonchev–Trinajstić information content (AvgIpc) is 2.29. The quantitative estimate of drug-likeness (QED) is 0.719. The van der Waals surface area contributed by atoms with Crippen LogP contribution in [0.2, 0.25) is 15.1 Å². The number of carbonyl (C=O) groups excluding carboxylic acids is 1. The molecule has 0 N–H and O–H groups in total. The Morgan fingerprint density at radius 2 is 1.35 bits per heavy atom. The highest BCUT2D eigenvalue weighted by molar-refractivity contribution is 6.41. The van der Waals surface area contributed by atoms with Crippen molar-refractivity contribution in [1.82, 2.24) is 0 Å². The largest absolute Gasteiger partial charge is 0.288 e. The predicted octanol–water partition coefficient (Wildman–Crippen LogP) is 4.88. The number of benzene rings is 2. The second kappa shape index (κ2) is 5.09. The number of hydrogen-bond donors (Lipinski definition) is 0. The highest BCUT2D eigenvalue weighted by atomic mass is 35.5. The summed E-state index contributed by atoms with van der Waals surface area (Å²) in [6, 6.07) is 11.6. The maximum atomic E-state index is 12.2. The van der Waals surface area contributed by atoms with Gasteiger partial charge < -0.3 is 0 Å². The first-order valence-corrected chi connectivity index (χ1v) is 5.97. The van der Waals surface area contributed by atoms with Gasteiger partial charge in [-0.2, -0.15) is 0 Å². The van der Waals surface area contributed by atoms with Gasteiger partial charge in [0.15, 0.2) is 5.78 Å². The maximum absolute atomic E-state index is 12.2. The van der Waals surface area contributed by atoms with Crippen LogP contribution >= 0.6 is 34.8 Å². The number of rotatable bonds is 2. The summed E-state index contributed by atoms with van der Waals surface area (Å²) in [6.45, 7) is 0. The summed E-state index contributed by atoms with van der Waals surface area (Å²) in [7, 11) is 0. The zero-order chi connectivity index (χ0) is 12.4. The van der Waals surface area contributed by atoms with E-state index in [-0.39, 0.29) is 5.78 Å². The van der Waals surface area contributed by atoms with E-state index >= 15 is 0 Å². The Labute approximate surface area is 114 Å². The lowest BCUT2D eigenvalue weighted by Gasteiger charge is -2.05. The molecule has 2 rings (SSSR count). The average molecular weight is 286 g/mol. The van der Waals surface area contributed by atoms with E-state index in [9.17, 15) is 4.79 Å². The van der Waals surface area contributed by atoms with Crippen LogP contribution in [-0.4, -0.2) is 5.78 Å². The second-order valence-corrected chi connectivity index (χ2v) is 4.68. The van der Waals surface area contributed by atoms with Gasteiger partial charge in [0, 0.05) is 10.6 Å². The fourth-order valence-electron chi connectivity index (χ4n) is 1.46. The number of halogens is 3. The lowest BCUT2D eigenvalue weighted by molar-refractivity contribution is 0.103. The second-order valence-electron chi connectivity index (χ2n) is 3.43. The molecular weight excluding hydrogens is 279 g/mol. The zero-order valence-corrected chi connectivity index (χ0v) is 10.9. The van der Waals surface area contributed by atoms with Crippen LogP contribution in [0.4, 0.5) is 0 Å². The Bertz CT molecular complexity index is 541. The van der Waals surface area contributed by atoms with Gasteiger partial charge in [0.2, 0.25) is 0 Å². The molecule has 0 spiro atoms. The fraction of sp³-hybridized carbons (Fsp3) is 0. The number of ketones is 1. The summed E-state index contributed by atoms with van der Waals surface area (Å²) < 4.78 is 0. The molecule has 0 aromatic heterocycles. The minimum atomic E-state index is -0.211. The minimum Gasteiger partial charge on any atom is -0.288 e. The minimum absolute atomic E-state index is 0.211. The van der Waals surface area contributed by atoms with Crippen LogP contribution in [-0.2, 0) is 0 Å². The molecule has 0 saturated carbocycles. The highest BCUT2D eigenvalue weighted by Gasteiger charge is 2.16. The molecule has 2 aromatic rings. The van der Waals surface area contributed by atoms with E-state index in [0.717, 1.165) is 0 Å². The third kappa shape index (κ3) is 2.63. The molecule has 0 heterocycles. The Balaban J connectivity index is 2.47. The lowest BCUT2D eigenvalue weighted by Crippen LogP contribution is -2.02. The van der Waals surface area contributed by atoms with Crippen molar-refractivity contribution in [2.24, 2.45) is 0 Å². The summed E-state index contributed by atoms with van der Waals surface area (Å²) in [6.07, 6.45) is 0. The molecule has 0 fully saturated rings. The fourth-order valence-corrected chi connectivity index (χ4v) is 2.16. The van der Waals surface area contributed by atoms with E-state index in [4.69, 9.17) is 34.8 Å². The van der Waals surface area contributed by atoms with Crippen molar-refractivity contribution in [2.75, 3.05) is 0 Å². The Morgan fingerprint density at radius 1 is 0.824 bits per heavy atom. The maximum Gasteiger partial charge on any atom is 0.196 e. The Hall–Kier alpha value is -1.02. The van der Waals surface area contributed by atoms with Crippen molar-refractivity contribution in [3.63, 3.8) is 0 Å². The Morgan fingerprint density at radius 3 is 1.88 bits per heavy atom. The smallest absolute Gasteiger partial charge is 0.196 e. The van der Waals surface area contributed by atoms with Crippen molar-refractivity contribution in [3.8, 4) is 0 Å². The van der Waals surface area contributed by atoms with Crippen LogP contribution in [0.15, 0.2) is 42.5 Å².